The third-order valence-electron chi connectivity index (χ3n) is 5.00. The third-order valence-corrected chi connectivity index (χ3v) is 6.13. The van der Waals surface area contributed by atoms with E-state index in [2.05, 4.69) is 15.6 Å². The van der Waals surface area contributed by atoms with Crippen LogP contribution in [0.4, 0.5) is 4.39 Å². The Morgan fingerprint density at radius 1 is 1.14 bits per heavy atom. The molecular formula is C21H27FIN3O2S. The fourth-order valence-electron chi connectivity index (χ4n) is 3.14. The summed E-state index contributed by atoms with van der Waals surface area (Å²) in [5.41, 5.74) is 1.91. The molecule has 8 heteroatoms. The van der Waals surface area contributed by atoms with Crippen LogP contribution in [0.2, 0.25) is 0 Å². The van der Waals surface area contributed by atoms with Crippen LogP contribution in [0, 0.1) is 5.82 Å². The van der Waals surface area contributed by atoms with E-state index in [-0.39, 0.29) is 35.2 Å². The van der Waals surface area contributed by atoms with Crippen LogP contribution in [0.1, 0.15) is 30.9 Å². The molecule has 0 amide bonds. The van der Waals surface area contributed by atoms with Gasteiger partial charge in [-0.05, 0) is 55.2 Å². The second-order valence-corrected chi connectivity index (χ2v) is 9.27. The first-order chi connectivity index (χ1) is 13.3. The molecule has 0 atom stereocenters. The second kappa shape index (κ2) is 9.88. The van der Waals surface area contributed by atoms with Crippen molar-refractivity contribution in [3.05, 3.63) is 65.5 Å². The lowest BCUT2D eigenvalue weighted by Crippen LogP contribution is -2.41. The van der Waals surface area contributed by atoms with Crippen molar-refractivity contribution in [2.24, 2.45) is 4.99 Å². The van der Waals surface area contributed by atoms with Gasteiger partial charge in [-0.15, -0.1) is 24.0 Å². The van der Waals surface area contributed by atoms with Crippen molar-refractivity contribution in [3.8, 4) is 0 Å². The number of hydrogen-bond donors (Lipinski definition) is 2. The van der Waals surface area contributed by atoms with Crippen molar-refractivity contribution in [1.29, 1.82) is 0 Å². The van der Waals surface area contributed by atoms with Gasteiger partial charge in [0.25, 0.3) is 0 Å². The van der Waals surface area contributed by atoms with Gasteiger partial charge < -0.3 is 10.6 Å². The molecule has 3 rings (SSSR count). The average molecular weight is 531 g/mol. The van der Waals surface area contributed by atoms with Crippen molar-refractivity contribution < 1.29 is 12.8 Å². The summed E-state index contributed by atoms with van der Waals surface area (Å²) < 4.78 is 36.7. The molecule has 2 aromatic carbocycles. The van der Waals surface area contributed by atoms with Crippen LogP contribution in [0.5, 0.6) is 0 Å². The molecule has 0 aromatic heterocycles. The van der Waals surface area contributed by atoms with E-state index in [1.807, 2.05) is 13.0 Å². The fraction of sp³-hybridized carbons (Fsp3) is 0.381. The van der Waals surface area contributed by atoms with E-state index in [0.29, 0.717) is 23.9 Å². The van der Waals surface area contributed by atoms with Gasteiger partial charge in [0.2, 0.25) is 0 Å². The average Bonchev–Trinajstić information content (AvgIpc) is 3.45. The van der Waals surface area contributed by atoms with Gasteiger partial charge in [-0.2, -0.15) is 0 Å². The highest BCUT2D eigenvalue weighted by molar-refractivity contribution is 14.0. The SMILES string of the molecule is CCNC(=NCc1ccc(S(C)(=O)=O)cc1)NCC1(c2cccc(F)c2)CC1.I. The number of halogens is 2. The van der Waals surface area contributed by atoms with E-state index in [1.54, 1.807) is 36.4 Å². The van der Waals surface area contributed by atoms with E-state index in [9.17, 15) is 12.8 Å². The number of benzene rings is 2. The lowest BCUT2D eigenvalue weighted by molar-refractivity contribution is 0.601. The summed E-state index contributed by atoms with van der Waals surface area (Å²) in [7, 11) is -3.19. The third kappa shape index (κ3) is 6.40. The molecule has 0 unspecified atom stereocenters. The first-order valence-electron chi connectivity index (χ1n) is 9.40. The molecule has 29 heavy (non-hydrogen) atoms. The molecule has 1 fully saturated rings. The first-order valence-corrected chi connectivity index (χ1v) is 11.3. The Balaban J connectivity index is 0.00000300. The fourth-order valence-corrected chi connectivity index (χ4v) is 3.77. The van der Waals surface area contributed by atoms with E-state index >= 15 is 0 Å². The van der Waals surface area contributed by atoms with Crippen LogP contribution in [0.3, 0.4) is 0 Å². The van der Waals surface area contributed by atoms with Gasteiger partial charge in [-0.3, -0.25) is 0 Å². The summed E-state index contributed by atoms with van der Waals surface area (Å²) in [6, 6.07) is 13.6. The Bertz CT molecular complexity index is 958. The highest BCUT2D eigenvalue weighted by atomic mass is 127. The quantitative estimate of drug-likeness (QED) is 0.325. The molecule has 1 saturated carbocycles. The summed E-state index contributed by atoms with van der Waals surface area (Å²) in [5.74, 6) is 0.485. The molecular weight excluding hydrogens is 504 g/mol. The zero-order chi connectivity index (χ0) is 20.2. The maximum absolute atomic E-state index is 13.6. The largest absolute Gasteiger partial charge is 0.357 e. The zero-order valence-corrected chi connectivity index (χ0v) is 19.8. The molecule has 0 spiro atoms. The Morgan fingerprint density at radius 2 is 1.83 bits per heavy atom. The Kier molecular flexibility index (Phi) is 8.04. The Morgan fingerprint density at radius 3 is 2.38 bits per heavy atom. The number of sulfone groups is 1. The molecule has 2 aromatic rings. The molecule has 1 aliphatic carbocycles. The predicted octanol–water partition coefficient (Wildman–Crippen LogP) is 3.63. The van der Waals surface area contributed by atoms with E-state index in [0.717, 1.165) is 30.5 Å². The van der Waals surface area contributed by atoms with Crippen LogP contribution in [-0.2, 0) is 21.8 Å². The minimum absolute atomic E-state index is 0. The van der Waals surface area contributed by atoms with Crippen LogP contribution in [0.15, 0.2) is 58.4 Å². The Labute approximate surface area is 189 Å². The minimum Gasteiger partial charge on any atom is -0.357 e. The van der Waals surface area contributed by atoms with E-state index in [4.69, 9.17) is 0 Å². The van der Waals surface area contributed by atoms with Gasteiger partial charge in [0.05, 0.1) is 11.4 Å². The summed E-state index contributed by atoms with van der Waals surface area (Å²) >= 11 is 0. The summed E-state index contributed by atoms with van der Waals surface area (Å²) in [6.45, 7) is 3.85. The van der Waals surface area contributed by atoms with Crippen molar-refractivity contribution in [2.75, 3.05) is 19.3 Å². The lowest BCUT2D eigenvalue weighted by atomic mass is 9.96. The van der Waals surface area contributed by atoms with Gasteiger partial charge >= 0.3 is 0 Å². The standard InChI is InChI=1S/C21H26FN3O2S.HI/c1-3-23-20(24-14-16-7-9-19(10-8-16)28(2,26)27)25-15-21(11-12-21)17-5-4-6-18(22)13-17;/h4-10,13H,3,11-12,14-15H2,1-2H3,(H2,23,24,25);1H. The normalized spacial score (nSPS) is 15.3. The molecule has 0 aliphatic heterocycles. The van der Waals surface area contributed by atoms with Crippen LogP contribution >= 0.6 is 24.0 Å². The van der Waals surface area contributed by atoms with Crippen LogP contribution in [-0.4, -0.2) is 33.7 Å². The molecule has 0 heterocycles. The molecule has 2 N–H and O–H groups in total. The number of aliphatic imine (C=N–C) groups is 1. The maximum Gasteiger partial charge on any atom is 0.191 e. The summed E-state index contributed by atoms with van der Waals surface area (Å²) in [6.07, 6.45) is 3.24. The number of hydrogen-bond acceptors (Lipinski definition) is 3. The summed E-state index contributed by atoms with van der Waals surface area (Å²) in [4.78, 5) is 4.89. The lowest BCUT2D eigenvalue weighted by Gasteiger charge is -2.19. The molecule has 158 valence electrons. The predicted molar refractivity (Wildman–Crippen MR) is 125 cm³/mol. The van der Waals surface area contributed by atoms with Gasteiger partial charge in [-0.1, -0.05) is 24.3 Å². The van der Waals surface area contributed by atoms with E-state index < -0.39 is 9.84 Å². The number of guanidine groups is 1. The number of rotatable bonds is 7. The Hall–Kier alpha value is -1.68. The molecule has 0 radical (unpaired) electrons. The van der Waals surface area contributed by atoms with Crippen molar-refractivity contribution in [2.45, 2.75) is 36.6 Å². The highest BCUT2D eigenvalue weighted by Gasteiger charge is 2.44. The summed E-state index contributed by atoms with van der Waals surface area (Å²) in [5, 5.41) is 6.59. The maximum atomic E-state index is 13.6. The number of nitrogens with one attached hydrogen (secondary N) is 2. The van der Waals surface area contributed by atoms with Crippen molar-refractivity contribution in [1.82, 2.24) is 10.6 Å². The van der Waals surface area contributed by atoms with Gasteiger partial charge in [0, 0.05) is 24.8 Å². The monoisotopic (exact) mass is 531 g/mol. The molecule has 0 saturated heterocycles. The van der Waals surface area contributed by atoms with Crippen LogP contribution in [0.25, 0.3) is 0 Å². The highest BCUT2D eigenvalue weighted by Crippen LogP contribution is 2.47. The van der Waals surface area contributed by atoms with Crippen molar-refractivity contribution >= 4 is 39.8 Å². The second-order valence-electron chi connectivity index (χ2n) is 7.26. The molecule has 5 nitrogen and oxygen atoms in total. The molecule has 1 aliphatic rings. The first kappa shape index (κ1) is 23.6. The van der Waals surface area contributed by atoms with Crippen LogP contribution < -0.4 is 10.6 Å². The number of nitrogens with zero attached hydrogens (tertiary/aromatic N) is 1. The van der Waals surface area contributed by atoms with E-state index in [1.165, 1.54) is 12.3 Å². The molecule has 0 bridgehead atoms. The van der Waals surface area contributed by atoms with Gasteiger partial charge in [-0.25, -0.2) is 17.8 Å². The smallest absolute Gasteiger partial charge is 0.191 e. The topological polar surface area (TPSA) is 70.6 Å². The van der Waals surface area contributed by atoms with Gasteiger partial charge in [0.1, 0.15) is 5.82 Å². The van der Waals surface area contributed by atoms with Gasteiger partial charge in [0.15, 0.2) is 15.8 Å². The zero-order valence-electron chi connectivity index (χ0n) is 16.6. The minimum atomic E-state index is -3.19. The van der Waals surface area contributed by atoms with Crippen molar-refractivity contribution in [3.63, 3.8) is 0 Å².